The molecule has 0 heterocycles. The summed E-state index contributed by atoms with van der Waals surface area (Å²) in [6.45, 7) is 2.52. The Hall–Kier alpha value is 1.45. The van der Waals surface area contributed by atoms with Gasteiger partial charge in [-0.1, -0.05) is 82.9 Å². The van der Waals surface area contributed by atoms with E-state index in [1.165, 1.54) is 51.4 Å². The van der Waals surface area contributed by atoms with Crippen molar-refractivity contribution in [1.29, 1.82) is 0 Å². The molecule has 0 atom stereocenters. The van der Waals surface area contributed by atoms with Crippen LogP contribution in [0.3, 0.4) is 0 Å². The summed E-state index contributed by atoms with van der Waals surface area (Å²) in [7, 11) is -3.57. The summed E-state index contributed by atoms with van der Waals surface area (Å²) in [5.41, 5.74) is 0. The van der Waals surface area contributed by atoms with E-state index in [0.29, 0.717) is 0 Å². The Balaban J connectivity index is 0. The first-order valence-corrected chi connectivity index (χ1v) is 10.0. The normalized spacial score (nSPS) is 10.7. The monoisotopic (exact) mass is 581 g/mol. The topological polar surface area (TPSA) is 43.4 Å². The van der Waals surface area contributed by atoms with Crippen molar-refractivity contribution in [2.45, 2.75) is 76.0 Å². The summed E-state index contributed by atoms with van der Waals surface area (Å²) in [6, 6.07) is 8.33. The summed E-state index contributed by atoms with van der Waals surface area (Å²) in [4.78, 5) is 0.238. The van der Waals surface area contributed by atoms with Crippen LogP contribution in [-0.2, 0) is 14.3 Å². The van der Waals surface area contributed by atoms with Crippen molar-refractivity contribution >= 4 is 39.7 Å². The average Bonchev–Trinajstić information content (AvgIpc) is 2.53. The molecule has 0 unspecified atom stereocenters. The van der Waals surface area contributed by atoms with Gasteiger partial charge in [0.1, 0.15) is 0 Å². The molecule has 0 aliphatic heterocycles. The Kier molecular flexibility index (Phi) is 20.6. The Morgan fingerprint density at radius 3 is 1.75 bits per heavy atom. The molecule has 0 spiro atoms. The van der Waals surface area contributed by atoms with E-state index in [-0.39, 0.29) is 81.0 Å². The standard InChI is InChI=1S/C18H30O3S.Na.Th/c1-2-3-4-5-6-7-8-9-10-14-17-21-22(19,20)18-15-12-11-13-16-18;;/h11-13,15-16H,2-10,14,17H2,1H3;;. The second kappa shape index (κ2) is 17.8. The van der Waals surface area contributed by atoms with Crippen molar-refractivity contribution < 1.29 is 52.5 Å². The first-order valence-electron chi connectivity index (χ1n) is 8.61. The molecular formula is C18H30NaO3STh. The molecule has 1 radical (unpaired) electrons. The Morgan fingerprint density at radius 2 is 1.25 bits per heavy atom. The van der Waals surface area contributed by atoms with Crippen LogP contribution < -0.4 is 0 Å². The van der Waals surface area contributed by atoms with Gasteiger partial charge in [0.2, 0.25) is 0 Å². The van der Waals surface area contributed by atoms with E-state index in [0.717, 1.165) is 12.8 Å². The van der Waals surface area contributed by atoms with Crippen LogP contribution in [0, 0.1) is 39.9 Å². The van der Waals surface area contributed by atoms with E-state index >= 15 is 0 Å². The summed E-state index contributed by atoms with van der Waals surface area (Å²) in [5, 5.41) is 0. The molecule has 1 aromatic carbocycles. The third kappa shape index (κ3) is 13.6. The zero-order valence-corrected chi connectivity index (χ0v) is 22.2. The molecule has 0 saturated carbocycles. The molecule has 0 N–H and O–H groups in total. The summed E-state index contributed by atoms with van der Waals surface area (Å²) < 4.78 is 28.8. The van der Waals surface area contributed by atoms with E-state index in [4.69, 9.17) is 4.18 Å². The van der Waals surface area contributed by atoms with Crippen molar-refractivity contribution in [2.24, 2.45) is 0 Å². The molecule has 1 rings (SSSR count). The van der Waals surface area contributed by atoms with E-state index in [1.54, 1.807) is 30.3 Å². The summed E-state index contributed by atoms with van der Waals surface area (Å²) in [6.07, 6.45) is 12.3. The first kappa shape index (κ1) is 27.7. The van der Waals surface area contributed by atoms with Crippen molar-refractivity contribution in [2.75, 3.05) is 6.61 Å². The van der Waals surface area contributed by atoms with Crippen molar-refractivity contribution in [1.82, 2.24) is 0 Å². The predicted octanol–water partition coefficient (Wildman–Crippen LogP) is 4.93. The van der Waals surface area contributed by atoms with Gasteiger partial charge in [0.15, 0.2) is 0 Å². The zero-order valence-electron chi connectivity index (χ0n) is 15.3. The second-order valence-corrected chi connectivity index (χ2v) is 7.39. The Labute approximate surface area is 202 Å². The minimum Gasteiger partial charge on any atom is -0.266 e. The summed E-state index contributed by atoms with van der Waals surface area (Å²) in [5.74, 6) is 0. The first-order chi connectivity index (χ1) is 10.7. The van der Waals surface area contributed by atoms with Crippen LogP contribution >= 0.6 is 0 Å². The minimum absolute atomic E-state index is 0. The van der Waals surface area contributed by atoms with Crippen molar-refractivity contribution in [3.63, 3.8) is 0 Å². The van der Waals surface area contributed by atoms with Crippen LogP contribution in [-0.4, -0.2) is 44.6 Å². The van der Waals surface area contributed by atoms with Gasteiger partial charge in [0, 0.05) is 69.5 Å². The third-order valence-electron chi connectivity index (χ3n) is 3.77. The van der Waals surface area contributed by atoms with Crippen LogP contribution in [0.1, 0.15) is 71.1 Å². The smallest absolute Gasteiger partial charge is 0.266 e. The predicted molar refractivity (Wildman–Crippen MR) is 97.2 cm³/mol. The maximum Gasteiger partial charge on any atom is 0.296 e. The van der Waals surface area contributed by atoms with Crippen LogP contribution in [0.2, 0.25) is 0 Å². The molecule has 0 aliphatic carbocycles. The molecule has 3 nitrogen and oxygen atoms in total. The molecule has 0 saturated heterocycles. The number of rotatable bonds is 13. The van der Waals surface area contributed by atoms with Crippen LogP contribution in [0.25, 0.3) is 0 Å². The molecule has 0 fully saturated rings. The fourth-order valence-electron chi connectivity index (χ4n) is 2.41. The maximum absolute atomic E-state index is 11.9. The molecule has 24 heavy (non-hydrogen) atoms. The van der Waals surface area contributed by atoms with E-state index < -0.39 is 10.1 Å². The van der Waals surface area contributed by atoms with Crippen LogP contribution in [0.4, 0.5) is 0 Å². The molecule has 0 aliphatic rings. The van der Waals surface area contributed by atoms with Gasteiger partial charge < -0.3 is 0 Å². The number of hydrogen-bond donors (Lipinski definition) is 0. The number of unbranched alkanes of at least 4 members (excludes halogenated alkanes) is 9. The van der Waals surface area contributed by atoms with Gasteiger partial charge in [-0.05, 0) is 18.6 Å². The average molecular weight is 582 g/mol. The fraction of sp³-hybridized carbons (Fsp3) is 0.667. The van der Waals surface area contributed by atoms with Crippen LogP contribution in [0.5, 0.6) is 0 Å². The van der Waals surface area contributed by atoms with Gasteiger partial charge in [0.25, 0.3) is 10.1 Å². The van der Waals surface area contributed by atoms with Crippen molar-refractivity contribution in [3.8, 4) is 0 Å². The molecule has 131 valence electrons. The molecule has 0 amide bonds. The second-order valence-electron chi connectivity index (χ2n) is 5.77. The van der Waals surface area contributed by atoms with Crippen molar-refractivity contribution in [3.05, 3.63) is 30.3 Å². The minimum atomic E-state index is -3.57. The van der Waals surface area contributed by atoms with Gasteiger partial charge >= 0.3 is 0 Å². The molecular weight excluding hydrogens is 551 g/mol. The zero-order chi connectivity index (χ0) is 16.1. The van der Waals surface area contributed by atoms with Gasteiger partial charge in [-0.15, -0.1) is 0 Å². The molecule has 6 heteroatoms. The SMILES string of the molecule is CCCCCCCCCCCCOS(=O)(=O)c1ccccc1.[Na].[Th]. The molecule has 1 aromatic rings. The van der Waals surface area contributed by atoms with Gasteiger partial charge in [-0.2, -0.15) is 8.42 Å². The quantitative estimate of drug-likeness (QED) is 0.189. The van der Waals surface area contributed by atoms with Gasteiger partial charge in [-0.3, -0.25) is 4.18 Å². The fourth-order valence-corrected chi connectivity index (χ4v) is 3.38. The van der Waals surface area contributed by atoms with Crippen LogP contribution in [0.15, 0.2) is 35.2 Å². The van der Waals surface area contributed by atoms with Gasteiger partial charge in [-0.25, -0.2) is 0 Å². The van der Waals surface area contributed by atoms with Gasteiger partial charge in [0.05, 0.1) is 11.5 Å². The van der Waals surface area contributed by atoms with E-state index in [9.17, 15) is 8.42 Å². The molecule has 0 bridgehead atoms. The Bertz CT molecular complexity index is 480. The number of hydrogen-bond acceptors (Lipinski definition) is 3. The maximum atomic E-state index is 11.9. The largest absolute Gasteiger partial charge is 0.296 e. The molecule has 0 aromatic heterocycles. The van der Waals surface area contributed by atoms with E-state index in [1.807, 2.05) is 0 Å². The third-order valence-corrected chi connectivity index (χ3v) is 5.09. The van der Waals surface area contributed by atoms with E-state index in [2.05, 4.69) is 6.92 Å². The number of benzene rings is 1. The Morgan fingerprint density at radius 1 is 0.792 bits per heavy atom. The summed E-state index contributed by atoms with van der Waals surface area (Å²) >= 11 is 0.